The number of nitrogens with zero attached hydrogens (tertiary/aromatic N) is 3. The van der Waals surface area contributed by atoms with E-state index in [1.54, 1.807) is 18.2 Å². The van der Waals surface area contributed by atoms with Gasteiger partial charge in [-0.3, -0.25) is 4.79 Å². The molecule has 1 aromatic heterocycles. The van der Waals surface area contributed by atoms with Crippen molar-refractivity contribution in [2.45, 2.75) is 18.8 Å². The van der Waals surface area contributed by atoms with Crippen molar-refractivity contribution in [3.8, 4) is 11.5 Å². The van der Waals surface area contributed by atoms with Crippen molar-refractivity contribution < 1.29 is 18.7 Å². The SMILES string of the molecule is CCOc1ccccc1/C=N\NC(=O)CSc1nnc(COc2ccc(Cl)cc2Cl)o1. The molecule has 0 saturated carbocycles. The van der Waals surface area contributed by atoms with Crippen molar-refractivity contribution in [3.63, 3.8) is 0 Å². The Bertz CT molecular complexity index is 1060. The number of carbonyl (C=O) groups excluding carboxylic acids is 1. The maximum Gasteiger partial charge on any atom is 0.277 e. The summed E-state index contributed by atoms with van der Waals surface area (Å²) in [5.41, 5.74) is 3.21. The fourth-order valence-electron chi connectivity index (χ4n) is 2.29. The predicted octanol–water partition coefficient (Wildman–Crippen LogP) is 4.60. The summed E-state index contributed by atoms with van der Waals surface area (Å²) < 4.78 is 16.5. The number of para-hydroxylation sites is 1. The molecule has 0 saturated heterocycles. The zero-order valence-corrected chi connectivity index (χ0v) is 18.7. The molecule has 1 N–H and O–H groups in total. The second-order valence-corrected chi connectivity index (χ2v) is 7.65. The molecule has 0 aliphatic heterocycles. The molecule has 3 aromatic rings. The van der Waals surface area contributed by atoms with Crippen LogP contribution in [-0.2, 0) is 11.4 Å². The molecule has 1 heterocycles. The van der Waals surface area contributed by atoms with E-state index >= 15 is 0 Å². The van der Waals surface area contributed by atoms with Crippen molar-refractivity contribution >= 4 is 47.1 Å². The van der Waals surface area contributed by atoms with Crippen LogP contribution >= 0.6 is 35.0 Å². The first kappa shape index (κ1) is 22.9. The monoisotopic (exact) mass is 480 g/mol. The molecular formula is C20H18Cl2N4O4S. The summed E-state index contributed by atoms with van der Waals surface area (Å²) in [6.45, 7) is 2.47. The normalized spacial score (nSPS) is 10.9. The van der Waals surface area contributed by atoms with Gasteiger partial charge in [0.05, 0.1) is 23.6 Å². The molecule has 0 fully saturated rings. The predicted molar refractivity (Wildman–Crippen MR) is 119 cm³/mol. The number of thioether (sulfide) groups is 1. The Morgan fingerprint density at radius 1 is 1.19 bits per heavy atom. The molecular weight excluding hydrogens is 463 g/mol. The van der Waals surface area contributed by atoms with Gasteiger partial charge in [0.2, 0.25) is 0 Å². The summed E-state index contributed by atoms with van der Waals surface area (Å²) in [4.78, 5) is 12.0. The molecule has 3 rings (SSSR count). The minimum absolute atomic E-state index is 0.0324. The fraction of sp³-hybridized carbons (Fsp3) is 0.200. The molecule has 0 atom stereocenters. The van der Waals surface area contributed by atoms with Gasteiger partial charge in [-0.2, -0.15) is 5.10 Å². The Kier molecular flexibility index (Phi) is 8.57. The van der Waals surface area contributed by atoms with Crippen molar-refractivity contribution in [1.82, 2.24) is 15.6 Å². The van der Waals surface area contributed by atoms with E-state index in [9.17, 15) is 4.79 Å². The highest BCUT2D eigenvalue weighted by Crippen LogP contribution is 2.28. The molecule has 11 heteroatoms. The van der Waals surface area contributed by atoms with Gasteiger partial charge in [-0.15, -0.1) is 10.2 Å². The Hall–Kier alpha value is -2.75. The van der Waals surface area contributed by atoms with Crippen LogP contribution in [0.2, 0.25) is 10.0 Å². The van der Waals surface area contributed by atoms with Gasteiger partial charge in [-0.25, -0.2) is 5.43 Å². The standard InChI is InChI=1S/C20H18Cl2N4O4S/c1-2-28-16-6-4-3-5-13(16)10-23-24-18(27)12-31-20-26-25-19(30-20)11-29-17-8-7-14(21)9-15(17)22/h3-10H,2,11-12H2,1H3,(H,24,27)/b23-10-. The Labute approximate surface area is 192 Å². The lowest BCUT2D eigenvalue weighted by Crippen LogP contribution is -2.19. The van der Waals surface area contributed by atoms with Crippen molar-refractivity contribution in [3.05, 3.63) is 64.0 Å². The highest BCUT2D eigenvalue weighted by atomic mass is 35.5. The number of halogens is 2. The molecule has 0 aliphatic carbocycles. The largest absolute Gasteiger partial charge is 0.493 e. The lowest BCUT2D eigenvalue weighted by Gasteiger charge is -2.05. The van der Waals surface area contributed by atoms with Crippen LogP contribution in [0.3, 0.4) is 0 Å². The lowest BCUT2D eigenvalue weighted by molar-refractivity contribution is -0.118. The molecule has 0 unspecified atom stereocenters. The first-order valence-electron chi connectivity index (χ1n) is 9.12. The molecule has 162 valence electrons. The van der Waals surface area contributed by atoms with Crippen LogP contribution in [0.1, 0.15) is 18.4 Å². The highest BCUT2D eigenvalue weighted by Gasteiger charge is 2.11. The summed E-state index contributed by atoms with van der Waals surface area (Å²) in [6, 6.07) is 12.3. The number of hydrogen-bond acceptors (Lipinski definition) is 8. The minimum atomic E-state index is -0.320. The molecule has 1 amide bonds. The summed E-state index contributed by atoms with van der Waals surface area (Å²) in [6.07, 6.45) is 1.53. The van der Waals surface area contributed by atoms with Crippen molar-refractivity contribution in [2.75, 3.05) is 12.4 Å². The van der Waals surface area contributed by atoms with Gasteiger partial charge in [0.15, 0.2) is 6.61 Å². The zero-order valence-electron chi connectivity index (χ0n) is 16.4. The number of rotatable bonds is 10. The zero-order chi connectivity index (χ0) is 22.1. The third kappa shape index (κ3) is 7.16. The van der Waals surface area contributed by atoms with E-state index in [1.807, 2.05) is 31.2 Å². The van der Waals surface area contributed by atoms with Crippen LogP contribution in [0.15, 0.2) is 57.2 Å². The van der Waals surface area contributed by atoms with Gasteiger partial charge in [0.25, 0.3) is 17.0 Å². The molecule has 0 spiro atoms. The fourth-order valence-corrected chi connectivity index (χ4v) is 3.33. The number of benzene rings is 2. The maximum absolute atomic E-state index is 12.0. The van der Waals surface area contributed by atoms with Crippen LogP contribution in [0.5, 0.6) is 11.5 Å². The van der Waals surface area contributed by atoms with Crippen LogP contribution < -0.4 is 14.9 Å². The number of hydrogen-bond donors (Lipinski definition) is 1. The van der Waals surface area contributed by atoms with Crippen LogP contribution in [0.4, 0.5) is 0 Å². The Morgan fingerprint density at radius 2 is 2.03 bits per heavy atom. The van der Waals surface area contributed by atoms with Crippen LogP contribution in [0, 0.1) is 0 Å². The lowest BCUT2D eigenvalue weighted by atomic mass is 10.2. The van der Waals surface area contributed by atoms with E-state index in [0.29, 0.717) is 28.2 Å². The Morgan fingerprint density at radius 3 is 2.84 bits per heavy atom. The molecule has 0 aliphatic rings. The smallest absolute Gasteiger partial charge is 0.277 e. The van der Waals surface area contributed by atoms with E-state index in [-0.39, 0.29) is 29.4 Å². The number of hydrazone groups is 1. The van der Waals surface area contributed by atoms with Gasteiger partial charge in [-0.05, 0) is 37.3 Å². The van der Waals surface area contributed by atoms with Gasteiger partial charge >= 0.3 is 0 Å². The molecule has 31 heavy (non-hydrogen) atoms. The highest BCUT2D eigenvalue weighted by molar-refractivity contribution is 7.99. The van der Waals surface area contributed by atoms with Gasteiger partial charge in [0.1, 0.15) is 11.5 Å². The van der Waals surface area contributed by atoms with E-state index in [1.165, 1.54) is 6.21 Å². The maximum atomic E-state index is 12.0. The third-order valence-electron chi connectivity index (χ3n) is 3.63. The summed E-state index contributed by atoms with van der Waals surface area (Å²) >= 11 is 13.0. The number of amides is 1. The van der Waals surface area contributed by atoms with E-state index < -0.39 is 0 Å². The molecule has 0 radical (unpaired) electrons. The third-order valence-corrected chi connectivity index (χ3v) is 4.98. The van der Waals surface area contributed by atoms with E-state index in [4.69, 9.17) is 37.1 Å². The average molecular weight is 481 g/mol. The first-order chi connectivity index (χ1) is 15.0. The van der Waals surface area contributed by atoms with E-state index in [2.05, 4.69) is 20.7 Å². The topological polar surface area (TPSA) is 98.8 Å². The number of ether oxygens (including phenoxy) is 2. The van der Waals surface area contributed by atoms with Crippen LogP contribution in [-0.4, -0.2) is 34.7 Å². The molecule has 2 aromatic carbocycles. The number of carbonyl (C=O) groups is 1. The van der Waals surface area contributed by atoms with Gasteiger partial charge < -0.3 is 13.9 Å². The number of nitrogens with one attached hydrogen (secondary N) is 1. The average Bonchev–Trinajstić information content (AvgIpc) is 3.21. The summed E-state index contributed by atoms with van der Waals surface area (Å²) in [7, 11) is 0. The quantitative estimate of drug-likeness (QED) is 0.257. The second kappa shape index (κ2) is 11.6. The van der Waals surface area contributed by atoms with E-state index in [0.717, 1.165) is 17.3 Å². The summed E-state index contributed by atoms with van der Waals surface area (Å²) in [5.74, 6) is 1.12. The minimum Gasteiger partial charge on any atom is -0.493 e. The number of aromatic nitrogens is 2. The summed E-state index contributed by atoms with van der Waals surface area (Å²) in [5, 5.41) is 12.8. The second-order valence-electron chi connectivity index (χ2n) is 5.88. The molecule has 8 nitrogen and oxygen atoms in total. The van der Waals surface area contributed by atoms with Gasteiger partial charge in [0, 0.05) is 10.6 Å². The first-order valence-corrected chi connectivity index (χ1v) is 10.9. The Balaban J connectivity index is 1.44. The van der Waals surface area contributed by atoms with Crippen molar-refractivity contribution in [1.29, 1.82) is 0 Å². The van der Waals surface area contributed by atoms with Crippen molar-refractivity contribution in [2.24, 2.45) is 5.10 Å². The molecule has 0 bridgehead atoms. The van der Waals surface area contributed by atoms with Gasteiger partial charge in [-0.1, -0.05) is 47.1 Å². The van der Waals surface area contributed by atoms with Crippen LogP contribution in [0.25, 0.3) is 0 Å².